The van der Waals surface area contributed by atoms with Crippen molar-refractivity contribution in [2.24, 2.45) is 0 Å². The maximum absolute atomic E-state index is 13.9. The van der Waals surface area contributed by atoms with Gasteiger partial charge in [-0.3, -0.25) is 14.3 Å². The van der Waals surface area contributed by atoms with E-state index >= 15 is 0 Å². The van der Waals surface area contributed by atoms with Gasteiger partial charge in [0.1, 0.15) is 17.2 Å². The Kier molecular flexibility index (Phi) is 6.23. The van der Waals surface area contributed by atoms with Crippen molar-refractivity contribution in [2.45, 2.75) is 6.92 Å². The number of nitrogens with zero attached hydrogens (tertiary/aromatic N) is 2. The second-order valence-corrected chi connectivity index (χ2v) is 7.46. The van der Waals surface area contributed by atoms with Crippen molar-refractivity contribution in [1.82, 2.24) is 9.55 Å². The first-order valence-corrected chi connectivity index (χ1v) is 10.4. The maximum Gasteiger partial charge on any atom is 0.340 e. The summed E-state index contributed by atoms with van der Waals surface area (Å²) in [5.74, 6) is 1.13. The number of esters is 1. The van der Waals surface area contributed by atoms with E-state index in [-0.39, 0.29) is 16.5 Å². The Hall–Kier alpha value is -4.33. The van der Waals surface area contributed by atoms with Gasteiger partial charge in [0.15, 0.2) is 0 Å². The molecule has 0 bridgehead atoms. The van der Waals surface area contributed by atoms with Crippen LogP contribution in [-0.4, -0.2) is 44.0 Å². The summed E-state index contributed by atoms with van der Waals surface area (Å²) in [5, 5.41) is 0.288. The highest BCUT2D eigenvalue weighted by Gasteiger charge is 2.24. The summed E-state index contributed by atoms with van der Waals surface area (Å²) in [5.41, 5.74) is 2.43. The van der Waals surface area contributed by atoms with Crippen molar-refractivity contribution in [3.05, 3.63) is 76.3 Å². The molecule has 8 heteroatoms. The number of hydrogen-bond donors (Lipinski definition) is 0. The van der Waals surface area contributed by atoms with Crippen molar-refractivity contribution >= 4 is 16.9 Å². The standard InChI is InChI=1S/C26H24N2O6/c1-15-22(26(30)34-5)23(16-6-8-17(31-2)9-7-16)24-19(27-15)12-13-28(25(24)29)20-11-10-18(32-3)14-21(20)33-4/h6-14H,1-5H3. The van der Waals surface area contributed by atoms with Gasteiger partial charge in [0.05, 0.1) is 56.3 Å². The van der Waals surface area contributed by atoms with E-state index in [1.54, 1.807) is 75.9 Å². The molecule has 34 heavy (non-hydrogen) atoms. The zero-order chi connectivity index (χ0) is 24.4. The normalized spacial score (nSPS) is 10.7. The predicted molar refractivity (Wildman–Crippen MR) is 129 cm³/mol. The van der Waals surface area contributed by atoms with Gasteiger partial charge in [-0.1, -0.05) is 12.1 Å². The number of carbonyl (C=O) groups is 1. The van der Waals surface area contributed by atoms with Crippen LogP contribution in [0.3, 0.4) is 0 Å². The van der Waals surface area contributed by atoms with E-state index in [0.717, 1.165) is 0 Å². The number of pyridine rings is 2. The SMILES string of the molecule is COC(=O)c1c(C)nc2ccn(-c3ccc(OC)cc3OC)c(=O)c2c1-c1ccc(OC)cc1. The topological polar surface area (TPSA) is 88.9 Å². The van der Waals surface area contributed by atoms with Crippen LogP contribution in [0.4, 0.5) is 0 Å². The quantitative estimate of drug-likeness (QED) is 0.399. The van der Waals surface area contributed by atoms with E-state index in [2.05, 4.69) is 4.98 Å². The first-order valence-electron chi connectivity index (χ1n) is 10.4. The molecule has 8 nitrogen and oxygen atoms in total. The molecular weight excluding hydrogens is 436 g/mol. The number of aryl methyl sites for hydroxylation is 1. The van der Waals surface area contributed by atoms with Crippen LogP contribution in [0.2, 0.25) is 0 Å². The van der Waals surface area contributed by atoms with Crippen LogP contribution in [0.15, 0.2) is 59.5 Å². The van der Waals surface area contributed by atoms with Crippen molar-refractivity contribution in [3.63, 3.8) is 0 Å². The van der Waals surface area contributed by atoms with E-state index in [1.165, 1.54) is 18.8 Å². The number of ether oxygens (including phenoxy) is 4. The first kappa shape index (κ1) is 22.8. The van der Waals surface area contributed by atoms with Gasteiger partial charge in [0, 0.05) is 17.8 Å². The molecule has 0 aliphatic heterocycles. The number of hydrogen-bond acceptors (Lipinski definition) is 7. The van der Waals surface area contributed by atoms with Gasteiger partial charge in [0.25, 0.3) is 5.56 Å². The van der Waals surface area contributed by atoms with Crippen LogP contribution < -0.4 is 19.8 Å². The van der Waals surface area contributed by atoms with Crippen LogP contribution in [0.5, 0.6) is 17.2 Å². The molecule has 174 valence electrons. The molecule has 0 radical (unpaired) electrons. The lowest BCUT2D eigenvalue weighted by molar-refractivity contribution is 0.0600. The van der Waals surface area contributed by atoms with Crippen LogP contribution in [0.25, 0.3) is 27.7 Å². The molecule has 0 amide bonds. The molecule has 0 N–H and O–H groups in total. The van der Waals surface area contributed by atoms with Gasteiger partial charge in [-0.15, -0.1) is 0 Å². The van der Waals surface area contributed by atoms with E-state index < -0.39 is 5.97 Å². The van der Waals surface area contributed by atoms with Crippen molar-refractivity contribution in [2.75, 3.05) is 28.4 Å². The number of carbonyl (C=O) groups excluding carboxylic acids is 1. The summed E-state index contributed by atoms with van der Waals surface area (Å²) in [7, 11) is 5.95. The lowest BCUT2D eigenvalue weighted by Crippen LogP contribution is -2.21. The van der Waals surface area contributed by atoms with Crippen LogP contribution in [-0.2, 0) is 4.74 Å². The van der Waals surface area contributed by atoms with Crippen molar-refractivity contribution in [1.29, 1.82) is 0 Å². The van der Waals surface area contributed by atoms with E-state index in [0.29, 0.717) is 45.3 Å². The lowest BCUT2D eigenvalue weighted by atomic mass is 9.95. The average Bonchev–Trinajstić information content (AvgIpc) is 2.87. The molecule has 0 aliphatic carbocycles. The van der Waals surface area contributed by atoms with Gasteiger partial charge in [-0.2, -0.15) is 0 Å². The monoisotopic (exact) mass is 460 g/mol. The van der Waals surface area contributed by atoms with Crippen molar-refractivity contribution in [3.8, 4) is 34.1 Å². The number of methoxy groups -OCH3 is 4. The molecule has 0 spiro atoms. The fourth-order valence-electron chi connectivity index (χ4n) is 3.97. The van der Waals surface area contributed by atoms with Gasteiger partial charge in [-0.25, -0.2) is 4.79 Å². The Morgan fingerprint density at radius 3 is 2.18 bits per heavy atom. The second kappa shape index (κ2) is 9.27. The van der Waals surface area contributed by atoms with Crippen LogP contribution in [0, 0.1) is 6.92 Å². The third-order valence-corrected chi connectivity index (χ3v) is 5.63. The minimum atomic E-state index is -0.574. The van der Waals surface area contributed by atoms with E-state index in [9.17, 15) is 9.59 Å². The van der Waals surface area contributed by atoms with Gasteiger partial charge >= 0.3 is 5.97 Å². The molecule has 0 saturated heterocycles. The minimum Gasteiger partial charge on any atom is -0.497 e. The van der Waals surface area contributed by atoms with E-state index in [1.807, 2.05) is 0 Å². The summed E-state index contributed by atoms with van der Waals surface area (Å²) >= 11 is 0. The molecule has 2 aromatic heterocycles. The third kappa shape index (κ3) is 3.83. The Balaban J connectivity index is 2.10. The fraction of sp³-hybridized carbons (Fsp3) is 0.192. The molecule has 4 rings (SSSR count). The molecule has 0 atom stereocenters. The summed E-state index contributed by atoms with van der Waals surface area (Å²) in [6.07, 6.45) is 1.64. The summed E-state index contributed by atoms with van der Waals surface area (Å²) < 4.78 is 22.6. The van der Waals surface area contributed by atoms with E-state index in [4.69, 9.17) is 18.9 Å². The number of benzene rings is 2. The second-order valence-electron chi connectivity index (χ2n) is 7.46. The zero-order valence-electron chi connectivity index (χ0n) is 19.5. The molecule has 0 fully saturated rings. The Morgan fingerprint density at radius 1 is 0.882 bits per heavy atom. The molecule has 0 unspecified atom stereocenters. The predicted octanol–water partition coefficient (Wildman–Crippen LogP) is 4.17. The molecule has 0 saturated carbocycles. The lowest BCUT2D eigenvalue weighted by Gasteiger charge is -2.17. The van der Waals surface area contributed by atoms with Gasteiger partial charge < -0.3 is 18.9 Å². The highest BCUT2D eigenvalue weighted by Crippen LogP contribution is 2.34. The molecule has 0 aliphatic rings. The molecular formula is C26H24N2O6. The Morgan fingerprint density at radius 2 is 1.56 bits per heavy atom. The Bertz CT molecular complexity index is 1440. The summed E-state index contributed by atoms with van der Waals surface area (Å²) in [4.78, 5) is 31.2. The van der Waals surface area contributed by atoms with Crippen molar-refractivity contribution < 1.29 is 23.7 Å². The molecule has 2 heterocycles. The Labute approximate surface area is 196 Å². The molecule has 4 aromatic rings. The number of fused-ring (bicyclic) bond motifs is 1. The highest BCUT2D eigenvalue weighted by atomic mass is 16.5. The first-order chi connectivity index (χ1) is 16.4. The number of rotatable bonds is 6. The van der Waals surface area contributed by atoms with Crippen LogP contribution >= 0.6 is 0 Å². The smallest absolute Gasteiger partial charge is 0.340 e. The fourth-order valence-corrected chi connectivity index (χ4v) is 3.97. The van der Waals surface area contributed by atoms with Crippen LogP contribution in [0.1, 0.15) is 16.1 Å². The summed E-state index contributed by atoms with van der Waals surface area (Å²) in [6.45, 7) is 1.72. The number of aromatic nitrogens is 2. The zero-order valence-corrected chi connectivity index (χ0v) is 19.5. The average molecular weight is 460 g/mol. The maximum atomic E-state index is 13.9. The third-order valence-electron chi connectivity index (χ3n) is 5.63. The summed E-state index contributed by atoms with van der Waals surface area (Å²) in [6, 6.07) is 14.0. The highest BCUT2D eigenvalue weighted by molar-refractivity contribution is 6.07. The van der Waals surface area contributed by atoms with Gasteiger partial charge in [0.2, 0.25) is 0 Å². The molecule has 2 aromatic carbocycles. The largest absolute Gasteiger partial charge is 0.497 e. The minimum absolute atomic E-state index is 0.233. The van der Waals surface area contributed by atoms with Gasteiger partial charge in [-0.05, 0) is 42.8 Å².